The molecule has 0 bridgehead atoms. The number of morpholine rings is 1. The lowest BCUT2D eigenvalue weighted by Gasteiger charge is -2.50. The van der Waals surface area contributed by atoms with Crippen LogP contribution in [0.15, 0.2) is 18.6 Å². The molecule has 0 aromatic carbocycles. The van der Waals surface area contributed by atoms with Gasteiger partial charge in [-0.25, -0.2) is 9.97 Å². The SMILES string of the molecule is CC1(C)CC2(CC(C#N)C1=O)CN(c1ccncn1)CCO2. The van der Waals surface area contributed by atoms with Gasteiger partial charge >= 0.3 is 0 Å². The van der Waals surface area contributed by atoms with Crippen molar-refractivity contribution in [1.29, 1.82) is 5.26 Å². The topological polar surface area (TPSA) is 79.1 Å². The summed E-state index contributed by atoms with van der Waals surface area (Å²) in [5.41, 5.74) is -0.992. The normalized spacial score (nSPS) is 31.0. The Balaban J connectivity index is 1.86. The van der Waals surface area contributed by atoms with Crippen LogP contribution >= 0.6 is 0 Å². The van der Waals surface area contributed by atoms with Crippen molar-refractivity contribution in [1.82, 2.24) is 9.97 Å². The quantitative estimate of drug-likeness (QED) is 0.783. The Labute approximate surface area is 130 Å². The third-order valence-electron chi connectivity index (χ3n) is 4.62. The van der Waals surface area contributed by atoms with Gasteiger partial charge in [0.2, 0.25) is 0 Å². The van der Waals surface area contributed by atoms with Gasteiger partial charge in [-0.1, -0.05) is 13.8 Å². The van der Waals surface area contributed by atoms with E-state index in [0.717, 1.165) is 12.4 Å². The fourth-order valence-electron chi connectivity index (χ4n) is 3.75. The van der Waals surface area contributed by atoms with Crippen LogP contribution < -0.4 is 4.90 Å². The van der Waals surface area contributed by atoms with Gasteiger partial charge in [-0.05, 0) is 12.5 Å². The molecule has 3 rings (SSSR count). The van der Waals surface area contributed by atoms with Gasteiger partial charge in [0.05, 0.1) is 18.3 Å². The molecule has 1 aliphatic carbocycles. The second-order valence-corrected chi connectivity index (χ2v) is 6.83. The van der Waals surface area contributed by atoms with Gasteiger partial charge in [-0.3, -0.25) is 4.79 Å². The number of rotatable bonds is 1. The minimum absolute atomic E-state index is 0.0309. The van der Waals surface area contributed by atoms with Gasteiger partial charge in [0.15, 0.2) is 5.78 Å². The average molecular weight is 300 g/mol. The summed E-state index contributed by atoms with van der Waals surface area (Å²) >= 11 is 0. The van der Waals surface area contributed by atoms with Gasteiger partial charge in [0, 0.05) is 31.1 Å². The van der Waals surface area contributed by atoms with Crippen molar-refractivity contribution in [2.75, 3.05) is 24.6 Å². The average Bonchev–Trinajstić information content (AvgIpc) is 2.51. The summed E-state index contributed by atoms with van der Waals surface area (Å²) in [6.07, 6.45) is 4.35. The predicted molar refractivity (Wildman–Crippen MR) is 80.1 cm³/mol. The second kappa shape index (κ2) is 5.33. The van der Waals surface area contributed by atoms with Gasteiger partial charge in [-0.2, -0.15) is 5.26 Å². The first kappa shape index (κ1) is 14.9. The summed E-state index contributed by atoms with van der Waals surface area (Å²) in [5.74, 6) is 0.304. The molecule has 116 valence electrons. The molecule has 2 fully saturated rings. The van der Waals surface area contributed by atoms with E-state index in [4.69, 9.17) is 4.74 Å². The fourth-order valence-corrected chi connectivity index (χ4v) is 3.75. The standard InChI is InChI=1S/C16H20N4O2/c1-15(2)9-16(7-12(8-17)14(15)21)10-20(5-6-22-16)13-3-4-18-11-19-13/h3-4,11-12H,5-7,9-10H2,1-2H3. The smallest absolute Gasteiger partial charge is 0.155 e. The summed E-state index contributed by atoms with van der Waals surface area (Å²) in [4.78, 5) is 22.7. The predicted octanol–water partition coefficient (Wildman–Crippen LogP) is 1.58. The van der Waals surface area contributed by atoms with E-state index in [1.807, 2.05) is 19.9 Å². The summed E-state index contributed by atoms with van der Waals surface area (Å²) in [7, 11) is 0. The first-order chi connectivity index (χ1) is 10.5. The van der Waals surface area contributed by atoms with Crippen LogP contribution in [0.25, 0.3) is 0 Å². The van der Waals surface area contributed by atoms with Crippen LogP contribution in [0.1, 0.15) is 26.7 Å². The van der Waals surface area contributed by atoms with Crippen LogP contribution in [-0.2, 0) is 9.53 Å². The van der Waals surface area contributed by atoms with Crippen molar-refractivity contribution in [3.05, 3.63) is 18.6 Å². The van der Waals surface area contributed by atoms with Crippen LogP contribution in [0.4, 0.5) is 5.82 Å². The van der Waals surface area contributed by atoms with Gasteiger partial charge < -0.3 is 9.64 Å². The Morgan fingerprint density at radius 1 is 1.50 bits per heavy atom. The highest BCUT2D eigenvalue weighted by Crippen LogP contribution is 2.45. The number of hydrogen-bond donors (Lipinski definition) is 0. The molecular formula is C16H20N4O2. The van der Waals surface area contributed by atoms with Crippen LogP contribution in [-0.4, -0.2) is 41.0 Å². The highest BCUT2D eigenvalue weighted by atomic mass is 16.5. The molecular weight excluding hydrogens is 280 g/mol. The number of anilines is 1. The van der Waals surface area contributed by atoms with E-state index in [1.54, 1.807) is 6.20 Å². The van der Waals surface area contributed by atoms with E-state index in [0.29, 0.717) is 26.0 Å². The Kier molecular flexibility index (Phi) is 3.61. The lowest BCUT2D eigenvalue weighted by atomic mass is 9.64. The number of Topliss-reactive ketones (excluding diaryl/α,β-unsaturated/α-hetero) is 1. The number of ketones is 1. The van der Waals surface area contributed by atoms with Gasteiger partial charge in [0.1, 0.15) is 18.1 Å². The fraction of sp³-hybridized carbons (Fsp3) is 0.625. The third kappa shape index (κ3) is 2.57. The largest absolute Gasteiger partial charge is 0.371 e. The highest BCUT2D eigenvalue weighted by molar-refractivity contribution is 5.89. The number of carbonyl (C=O) groups excluding carboxylic acids is 1. The Morgan fingerprint density at radius 2 is 2.32 bits per heavy atom. The zero-order chi connectivity index (χ0) is 15.8. The first-order valence-electron chi connectivity index (χ1n) is 7.55. The Morgan fingerprint density at radius 3 is 3.00 bits per heavy atom. The number of hydrogen-bond acceptors (Lipinski definition) is 6. The van der Waals surface area contributed by atoms with Crippen molar-refractivity contribution >= 4 is 11.6 Å². The molecule has 2 atom stereocenters. The molecule has 0 radical (unpaired) electrons. The minimum Gasteiger partial charge on any atom is -0.371 e. The molecule has 2 aliphatic rings. The summed E-state index contributed by atoms with van der Waals surface area (Å²) in [5, 5.41) is 9.33. The van der Waals surface area contributed by atoms with Crippen molar-refractivity contribution < 1.29 is 9.53 Å². The molecule has 1 saturated heterocycles. The Hall–Kier alpha value is -2.00. The number of nitriles is 1. The molecule has 0 N–H and O–H groups in total. The van der Waals surface area contributed by atoms with E-state index in [-0.39, 0.29) is 5.78 Å². The molecule has 1 aromatic rings. The van der Waals surface area contributed by atoms with E-state index < -0.39 is 16.9 Å². The number of nitrogens with zero attached hydrogens (tertiary/aromatic N) is 4. The van der Waals surface area contributed by atoms with Crippen molar-refractivity contribution in [3.8, 4) is 6.07 Å². The minimum atomic E-state index is -0.589. The van der Waals surface area contributed by atoms with E-state index >= 15 is 0 Å². The maximum absolute atomic E-state index is 12.3. The molecule has 22 heavy (non-hydrogen) atoms. The van der Waals surface area contributed by atoms with E-state index in [2.05, 4.69) is 20.9 Å². The lowest BCUT2D eigenvalue weighted by molar-refractivity contribution is -0.152. The zero-order valence-electron chi connectivity index (χ0n) is 13.0. The van der Waals surface area contributed by atoms with Crippen molar-refractivity contribution in [3.63, 3.8) is 0 Å². The molecule has 1 saturated carbocycles. The van der Waals surface area contributed by atoms with Gasteiger partial charge in [-0.15, -0.1) is 0 Å². The van der Waals surface area contributed by atoms with E-state index in [1.165, 1.54) is 6.33 Å². The number of ether oxygens (including phenoxy) is 1. The zero-order valence-corrected chi connectivity index (χ0v) is 13.0. The lowest BCUT2D eigenvalue weighted by Crippen LogP contribution is -2.59. The first-order valence-corrected chi connectivity index (χ1v) is 7.55. The molecule has 1 aromatic heterocycles. The molecule has 0 amide bonds. The van der Waals surface area contributed by atoms with Crippen LogP contribution in [0.2, 0.25) is 0 Å². The van der Waals surface area contributed by atoms with Gasteiger partial charge in [0.25, 0.3) is 0 Å². The maximum atomic E-state index is 12.3. The highest BCUT2D eigenvalue weighted by Gasteiger charge is 2.52. The van der Waals surface area contributed by atoms with Crippen LogP contribution in [0, 0.1) is 22.7 Å². The van der Waals surface area contributed by atoms with Crippen molar-refractivity contribution in [2.45, 2.75) is 32.3 Å². The molecule has 2 heterocycles. The summed E-state index contributed by atoms with van der Waals surface area (Å²) in [6, 6.07) is 4.04. The molecule has 1 aliphatic heterocycles. The second-order valence-electron chi connectivity index (χ2n) is 6.83. The number of carbonyl (C=O) groups is 1. The van der Waals surface area contributed by atoms with Crippen molar-refractivity contribution in [2.24, 2.45) is 11.3 Å². The summed E-state index contributed by atoms with van der Waals surface area (Å²) in [6.45, 7) is 5.80. The molecule has 6 heteroatoms. The molecule has 2 unspecified atom stereocenters. The monoisotopic (exact) mass is 300 g/mol. The third-order valence-corrected chi connectivity index (χ3v) is 4.62. The number of aromatic nitrogens is 2. The molecule has 6 nitrogen and oxygen atoms in total. The summed E-state index contributed by atoms with van der Waals surface area (Å²) < 4.78 is 6.09. The van der Waals surface area contributed by atoms with Crippen LogP contribution in [0.5, 0.6) is 0 Å². The Bertz CT molecular complexity index is 610. The van der Waals surface area contributed by atoms with E-state index in [9.17, 15) is 10.1 Å². The molecule has 1 spiro atoms. The van der Waals surface area contributed by atoms with Crippen LogP contribution in [0.3, 0.4) is 0 Å². The maximum Gasteiger partial charge on any atom is 0.155 e.